The Labute approximate surface area is 133 Å². The van der Waals surface area contributed by atoms with Gasteiger partial charge in [0.1, 0.15) is 11.9 Å². The molecule has 124 valence electrons. The van der Waals surface area contributed by atoms with Gasteiger partial charge in [0, 0.05) is 6.54 Å². The number of esters is 1. The molecular formula is C17H28N2O3. The van der Waals surface area contributed by atoms with Crippen LogP contribution in [0.2, 0.25) is 0 Å². The lowest BCUT2D eigenvalue weighted by Gasteiger charge is -2.15. The van der Waals surface area contributed by atoms with Crippen LogP contribution in [-0.2, 0) is 4.74 Å². The summed E-state index contributed by atoms with van der Waals surface area (Å²) in [5.41, 5.74) is 6.83. The van der Waals surface area contributed by atoms with Crippen molar-refractivity contribution in [3.05, 3.63) is 23.8 Å². The summed E-state index contributed by atoms with van der Waals surface area (Å²) in [5.74, 6) is 0.250. The molecule has 0 saturated carbocycles. The summed E-state index contributed by atoms with van der Waals surface area (Å²) in [6.07, 6.45) is 2.91. The van der Waals surface area contributed by atoms with Crippen molar-refractivity contribution in [2.24, 2.45) is 0 Å². The maximum Gasteiger partial charge on any atom is 0.338 e. The van der Waals surface area contributed by atoms with Crippen LogP contribution in [0.4, 0.5) is 5.69 Å². The summed E-state index contributed by atoms with van der Waals surface area (Å²) in [6.45, 7) is 8.25. The van der Waals surface area contributed by atoms with Crippen molar-refractivity contribution in [2.45, 2.75) is 46.1 Å². The van der Waals surface area contributed by atoms with Gasteiger partial charge in [-0.05, 0) is 44.5 Å². The molecule has 0 heterocycles. The predicted molar refractivity (Wildman–Crippen MR) is 89.3 cm³/mol. The minimum absolute atomic E-state index is 0.180. The van der Waals surface area contributed by atoms with Crippen LogP contribution in [0.1, 0.15) is 50.4 Å². The van der Waals surface area contributed by atoms with Crippen LogP contribution in [0, 0.1) is 0 Å². The van der Waals surface area contributed by atoms with Crippen LogP contribution in [0.5, 0.6) is 5.75 Å². The van der Waals surface area contributed by atoms with E-state index >= 15 is 0 Å². The number of nitrogens with one attached hydrogen (secondary N) is 1. The minimum atomic E-state index is -0.363. The number of benzene rings is 1. The van der Waals surface area contributed by atoms with Gasteiger partial charge in [0.2, 0.25) is 0 Å². The number of nitrogens with two attached hydrogens (primary N) is 1. The van der Waals surface area contributed by atoms with Crippen molar-refractivity contribution in [1.82, 2.24) is 5.32 Å². The number of ether oxygens (including phenoxy) is 2. The first kappa shape index (κ1) is 18.3. The Hall–Kier alpha value is -1.75. The molecule has 1 atom stereocenters. The highest BCUT2D eigenvalue weighted by atomic mass is 16.5. The monoisotopic (exact) mass is 308 g/mol. The second kappa shape index (κ2) is 10.1. The summed E-state index contributed by atoms with van der Waals surface area (Å²) < 4.78 is 10.9. The van der Waals surface area contributed by atoms with E-state index < -0.39 is 0 Å². The largest absolute Gasteiger partial charge is 0.491 e. The van der Waals surface area contributed by atoms with E-state index in [1.807, 2.05) is 6.92 Å². The van der Waals surface area contributed by atoms with Gasteiger partial charge < -0.3 is 20.5 Å². The lowest BCUT2D eigenvalue weighted by molar-refractivity contribution is 0.0343. The van der Waals surface area contributed by atoms with Crippen LogP contribution in [0.3, 0.4) is 0 Å². The highest BCUT2D eigenvalue weighted by Crippen LogP contribution is 2.23. The predicted octanol–water partition coefficient (Wildman–Crippen LogP) is 2.99. The van der Waals surface area contributed by atoms with Crippen LogP contribution in [0.25, 0.3) is 0 Å². The molecular weight excluding hydrogens is 280 g/mol. The molecule has 5 nitrogen and oxygen atoms in total. The van der Waals surface area contributed by atoms with E-state index in [4.69, 9.17) is 15.2 Å². The lowest BCUT2D eigenvalue weighted by Crippen LogP contribution is -2.29. The zero-order valence-electron chi connectivity index (χ0n) is 13.9. The highest BCUT2D eigenvalue weighted by molar-refractivity contribution is 5.91. The number of hydrogen-bond acceptors (Lipinski definition) is 5. The molecule has 0 fully saturated rings. The average molecular weight is 308 g/mol. The Bertz CT molecular complexity index is 463. The first-order valence-electron chi connectivity index (χ1n) is 8.02. The van der Waals surface area contributed by atoms with Gasteiger partial charge >= 0.3 is 5.97 Å². The molecule has 0 amide bonds. The summed E-state index contributed by atoms with van der Waals surface area (Å²) in [6, 6.07) is 5.02. The molecule has 0 aliphatic carbocycles. The molecule has 0 aliphatic heterocycles. The molecule has 1 unspecified atom stereocenters. The van der Waals surface area contributed by atoms with Gasteiger partial charge in [-0.1, -0.05) is 20.3 Å². The average Bonchev–Trinajstić information content (AvgIpc) is 2.49. The zero-order valence-corrected chi connectivity index (χ0v) is 13.9. The number of carbonyl (C=O) groups is 1. The fourth-order valence-corrected chi connectivity index (χ4v) is 1.91. The van der Waals surface area contributed by atoms with E-state index in [-0.39, 0.29) is 12.1 Å². The van der Waals surface area contributed by atoms with Gasteiger partial charge in [0.05, 0.1) is 17.9 Å². The topological polar surface area (TPSA) is 73.6 Å². The fourth-order valence-electron chi connectivity index (χ4n) is 1.91. The van der Waals surface area contributed by atoms with Crippen molar-refractivity contribution in [3.63, 3.8) is 0 Å². The van der Waals surface area contributed by atoms with E-state index in [0.29, 0.717) is 30.2 Å². The number of unbranched alkanes of at least 4 members (excludes halogenated alkanes) is 1. The standard InChI is InChI=1S/C17H28N2O3/c1-4-6-10-21-16-8-7-14(11-15(16)18)17(20)22-13(3)12-19-9-5-2/h7-8,11,13,19H,4-6,9-10,12,18H2,1-3H3. The van der Waals surface area contributed by atoms with E-state index in [1.54, 1.807) is 18.2 Å². The molecule has 0 bridgehead atoms. The summed E-state index contributed by atoms with van der Waals surface area (Å²) >= 11 is 0. The highest BCUT2D eigenvalue weighted by Gasteiger charge is 2.13. The number of carbonyl (C=O) groups excluding carboxylic acids is 1. The Balaban J connectivity index is 2.53. The van der Waals surface area contributed by atoms with Crippen molar-refractivity contribution in [3.8, 4) is 5.75 Å². The number of hydrogen-bond donors (Lipinski definition) is 2. The molecule has 22 heavy (non-hydrogen) atoms. The fraction of sp³-hybridized carbons (Fsp3) is 0.588. The number of anilines is 1. The molecule has 1 aromatic rings. The van der Waals surface area contributed by atoms with E-state index in [0.717, 1.165) is 25.8 Å². The quantitative estimate of drug-likeness (QED) is 0.395. The number of rotatable bonds is 10. The third-order valence-electron chi connectivity index (χ3n) is 3.17. The SMILES string of the molecule is CCCCOc1ccc(C(=O)OC(C)CNCCC)cc1N. The lowest BCUT2D eigenvalue weighted by atomic mass is 10.2. The molecule has 0 radical (unpaired) electrons. The maximum atomic E-state index is 12.1. The van der Waals surface area contributed by atoms with E-state index in [1.165, 1.54) is 0 Å². The van der Waals surface area contributed by atoms with Gasteiger partial charge in [0.25, 0.3) is 0 Å². The van der Waals surface area contributed by atoms with Crippen molar-refractivity contribution >= 4 is 11.7 Å². The molecule has 0 aliphatic rings. The van der Waals surface area contributed by atoms with Crippen LogP contribution < -0.4 is 15.8 Å². The van der Waals surface area contributed by atoms with Gasteiger partial charge in [-0.2, -0.15) is 0 Å². The Morgan fingerprint density at radius 2 is 2.09 bits per heavy atom. The third-order valence-corrected chi connectivity index (χ3v) is 3.17. The number of nitrogen functional groups attached to an aromatic ring is 1. The molecule has 1 aromatic carbocycles. The Morgan fingerprint density at radius 1 is 1.32 bits per heavy atom. The van der Waals surface area contributed by atoms with Crippen molar-refractivity contribution in [1.29, 1.82) is 0 Å². The molecule has 0 saturated heterocycles. The third kappa shape index (κ3) is 6.35. The minimum Gasteiger partial charge on any atom is -0.491 e. The second-order valence-corrected chi connectivity index (χ2v) is 5.37. The van der Waals surface area contributed by atoms with E-state index in [9.17, 15) is 4.79 Å². The summed E-state index contributed by atoms with van der Waals surface area (Å²) in [5, 5.41) is 3.22. The van der Waals surface area contributed by atoms with Crippen LogP contribution >= 0.6 is 0 Å². The van der Waals surface area contributed by atoms with Gasteiger partial charge in [-0.25, -0.2) is 4.79 Å². The first-order valence-corrected chi connectivity index (χ1v) is 8.02. The Morgan fingerprint density at radius 3 is 2.73 bits per heavy atom. The smallest absolute Gasteiger partial charge is 0.338 e. The molecule has 0 spiro atoms. The van der Waals surface area contributed by atoms with E-state index in [2.05, 4.69) is 19.2 Å². The molecule has 0 aromatic heterocycles. The Kier molecular flexibility index (Phi) is 8.36. The first-order chi connectivity index (χ1) is 10.6. The second-order valence-electron chi connectivity index (χ2n) is 5.37. The molecule has 5 heteroatoms. The summed E-state index contributed by atoms with van der Waals surface area (Å²) in [7, 11) is 0. The normalized spacial score (nSPS) is 12.0. The van der Waals surface area contributed by atoms with Gasteiger partial charge in [0.15, 0.2) is 0 Å². The van der Waals surface area contributed by atoms with Gasteiger partial charge in [-0.3, -0.25) is 0 Å². The van der Waals surface area contributed by atoms with Crippen molar-refractivity contribution < 1.29 is 14.3 Å². The summed E-state index contributed by atoms with van der Waals surface area (Å²) in [4.78, 5) is 12.1. The molecule has 1 rings (SSSR count). The zero-order chi connectivity index (χ0) is 16.4. The molecule has 3 N–H and O–H groups in total. The van der Waals surface area contributed by atoms with Crippen LogP contribution in [-0.4, -0.2) is 31.8 Å². The van der Waals surface area contributed by atoms with Crippen molar-refractivity contribution in [2.75, 3.05) is 25.4 Å². The van der Waals surface area contributed by atoms with Gasteiger partial charge in [-0.15, -0.1) is 0 Å². The van der Waals surface area contributed by atoms with Crippen LogP contribution in [0.15, 0.2) is 18.2 Å². The maximum absolute atomic E-state index is 12.1.